The van der Waals surface area contributed by atoms with E-state index < -0.39 is 12.0 Å². The Kier molecular flexibility index (Phi) is 8.21. The average molecular weight is 441 g/mol. The van der Waals surface area contributed by atoms with Crippen molar-refractivity contribution in [3.8, 4) is 5.75 Å². The highest BCUT2D eigenvalue weighted by atomic mass is 16.3. The van der Waals surface area contributed by atoms with E-state index in [1.54, 1.807) is 12.1 Å². The Morgan fingerprint density at radius 1 is 0.969 bits per heavy atom. The number of hydrogen-bond donors (Lipinski definition) is 4. The third-order valence-electron chi connectivity index (χ3n) is 5.69. The molecule has 1 saturated heterocycles. The van der Waals surface area contributed by atoms with Crippen LogP contribution in [0.2, 0.25) is 0 Å². The molecule has 1 atom stereocenters. The lowest BCUT2D eigenvalue weighted by Gasteiger charge is -2.35. The van der Waals surface area contributed by atoms with Crippen molar-refractivity contribution < 1.29 is 19.8 Å². The van der Waals surface area contributed by atoms with Crippen LogP contribution in [0.5, 0.6) is 5.75 Å². The van der Waals surface area contributed by atoms with Crippen LogP contribution in [0.15, 0.2) is 42.5 Å². The summed E-state index contributed by atoms with van der Waals surface area (Å²) in [6.07, 6.45) is -0.719. The summed E-state index contributed by atoms with van der Waals surface area (Å²) in [6.45, 7) is 7.78. The van der Waals surface area contributed by atoms with Gasteiger partial charge in [0.15, 0.2) is 0 Å². The molecule has 172 valence electrons. The number of aryl methyl sites for hydroxylation is 2. The lowest BCUT2D eigenvalue weighted by atomic mass is 10.1. The Bertz CT molecular complexity index is 921. The van der Waals surface area contributed by atoms with Gasteiger partial charge in [-0.3, -0.25) is 19.4 Å². The van der Waals surface area contributed by atoms with Gasteiger partial charge >= 0.3 is 0 Å². The Morgan fingerprint density at radius 2 is 1.59 bits per heavy atom. The van der Waals surface area contributed by atoms with E-state index in [2.05, 4.69) is 20.4 Å². The van der Waals surface area contributed by atoms with Crippen molar-refractivity contribution in [1.29, 1.82) is 0 Å². The van der Waals surface area contributed by atoms with Gasteiger partial charge in [0.05, 0.1) is 18.2 Å². The Morgan fingerprint density at radius 3 is 2.25 bits per heavy atom. The number of benzene rings is 2. The number of carbonyl (C=O) groups excluding carboxylic acids is 2. The zero-order valence-electron chi connectivity index (χ0n) is 18.7. The number of nitrogens with zero attached hydrogens (tertiary/aromatic N) is 2. The van der Waals surface area contributed by atoms with E-state index in [0.717, 1.165) is 43.0 Å². The largest absolute Gasteiger partial charge is 0.507 e. The molecule has 1 aliphatic rings. The number of anilines is 1. The molecule has 0 radical (unpaired) electrons. The van der Waals surface area contributed by atoms with Crippen LogP contribution in [-0.2, 0) is 4.79 Å². The Labute approximate surface area is 188 Å². The topological polar surface area (TPSA) is 105 Å². The van der Waals surface area contributed by atoms with Gasteiger partial charge in [-0.25, -0.2) is 0 Å². The van der Waals surface area contributed by atoms with Gasteiger partial charge in [0.25, 0.3) is 5.91 Å². The number of carbonyl (C=O) groups is 2. The van der Waals surface area contributed by atoms with Crippen molar-refractivity contribution in [3.05, 3.63) is 59.2 Å². The summed E-state index contributed by atoms with van der Waals surface area (Å²) in [5.74, 6) is -0.526. The molecule has 4 N–H and O–H groups in total. The molecule has 0 aliphatic carbocycles. The summed E-state index contributed by atoms with van der Waals surface area (Å²) in [5, 5.41) is 25.7. The van der Waals surface area contributed by atoms with Crippen LogP contribution in [0.3, 0.4) is 0 Å². The molecule has 0 saturated carbocycles. The lowest BCUT2D eigenvalue weighted by molar-refractivity contribution is -0.117. The first kappa shape index (κ1) is 23.7. The van der Waals surface area contributed by atoms with Gasteiger partial charge in [0.2, 0.25) is 5.91 Å². The quantitative estimate of drug-likeness (QED) is 0.494. The van der Waals surface area contributed by atoms with Crippen LogP contribution < -0.4 is 10.6 Å². The molecule has 2 aromatic carbocycles. The molecule has 1 unspecified atom stereocenters. The predicted octanol–water partition coefficient (Wildman–Crippen LogP) is 1.36. The summed E-state index contributed by atoms with van der Waals surface area (Å²) in [5.41, 5.74) is 3.16. The number of aliphatic hydroxyl groups excluding tert-OH is 1. The summed E-state index contributed by atoms with van der Waals surface area (Å²) in [7, 11) is 0. The molecule has 2 aromatic rings. The highest BCUT2D eigenvalue weighted by Gasteiger charge is 2.22. The molecule has 32 heavy (non-hydrogen) atoms. The Hall–Kier alpha value is -2.94. The van der Waals surface area contributed by atoms with E-state index in [0.29, 0.717) is 13.1 Å². The second-order valence-electron chi connectivity index (χ2n) is 8.27. The molecule has 0 spiro atoms. The van der Waals surface area contributed by atoms with Crippen molar-refractivity contribution in [1.82, 2.24) is 15.1 Å². The second-order valence-corrected chi connectivity index (χ2v) is 8.27. The summed E-state index contributed by atoms with van der Waals surface area (Å²) in [4.78, 5) is 28.8. The fourth-order valence-electron chi connectivity index (χ4n) is 3.86. The van der Waals surface area contributed by atoms with Crippen LogP contribution in [0.1, 0.15) is 21.5 Å². The van der Waals surface area contributed by atoms with Crippen molar-refractivity contribution in [2.24, 2.45) is 0 Å². The molecular weight excluding hydrogens is 408 g/mol. The maximum Gasteiger partial charge on any atom is 0.255 e. The van der Waals surface area contributed by atoms with Gasteiger partial charge in [-0.05, 0) is 37.1 Å². The van der Waals surface area contributed by atoms with E-state index in [4.69, 9.17) is 0 Å². The summed E-state index contributed by atoms with van der Waals surface area (Å²) >= 11 is 0. The molecular formula is C24H32N4O4. The van der Waals surface area contributed by atoms with Gasteiger partial charge in [0, 0.05) is 45.0 Å². The molecule has 1 aliphatic heterocycles. The molecule has 3 rings (SSSR count). The first-order chi connectivity index (χ1) is 15.3. The highest BCUT2D eigenvalue weighted by Crippen LogP contribution is 2.19. The van der Waals surface area contributed by atoms with Gasteiger partial charge < -0.3 is 20.8 Å². The number of aromatic hydroxyl groups is 1. The number of rotatable bonds is 8. The van der Waals surface area contributed by atoms with Crippen molar-refractivity contribution in [2.75, 3.05) is 51.1 Å². The number of phenolic OH excluding ortho intramolecular Hbond substituents is 1. The number of hydrogen-bond acceptors (Lipinski definition) is 6. The predicted molar refractivity (Wildman–Crippen MR) is 124 cm³/mol. The first-order valence-electron chi connectivity index (χ1n) is 10.9. The monoisotopic (exact) mass is 440 g/mol. The van der Waals surface area contributed by atoms with E-state index in [9.17, 15) is 19.8 Å². The van der Waals surface area contributed by atoms with E-state index in [-0.39, 0.29) is 23.8 Å². The first-order valence-corrected chi connectivity index (χ1v) is 10.9. The number of piperazine rings is 1. The van der Waals surface area contributed by atoms with E-state index >= 15 is 0 Å². The van der Waals surface area contributed by atoms with E-state index in [1.165, 1.54) is 12.1 Å². The summed E-state index contributed by atoms with van der Waals surface area (Å²) in [6, 6.07) is 12.3. The minimum absolute atomic E-state index is 0.0252. The lowest BCUT2D eigenvalue weighted by Crippen LogP contribution is -2.51. The van der Waals surface area contributed by atoms with Gasteiger partial charge in [-0.1, -0.05) is 30.3 Å². The molecule has 0 aromatic heterocycles. The van der Waals surface area contributed by atoms with E-state index in [1.807, 2.05) is 32.0 Å². The minimum Gasteiger partial charge on any atom is -0.507 e. The zero-order chi connectivity index (χ0) is 23.1. The maximum absolute atomic E-state index is 12.5. The van der Waals surface area contributed by atoms with Gasteiger partial charge in [-0.15, -0.1) is 0 Å². The third-order valence-corrected chi connectivity index (χ3v) is 5.69. The molecule has 1 fully saturated rings. The number of nitrogens with one attached hydrogen (secondary N) is 2. The fraction of sp³-hybridized carbons (Fsp3) is 0.417. The van der Waals surface area contributed by atoms with Crippen LogP contribution in [0.4, 0.5) is 5.69 Å². The normalized spacial score (nSPS) is 15.8. The van der Waals surface area contributed by atoms with Crippen LogP contribution in [0.25, 0.3) is 0 Å². The average Bonchev–Trinajstić information content (AvgIpc) is 2.76. The molecule has 2 amide bonds. The van der Waals surface area contributed by atoms with Gasteiger partial charge in [-0.2, -0.15) is 0 Å². The second kappa shape index (κ2) is 11.1. The SMILES string of the molecule is Cc1cccc(C)c1NC(=O)CN1CCN(CC(O)CNC(=O)c2ccccc2O)CC1. The fourth-order valence-corrected chi connectivity index (χ4v) is 3.86. The maximum atomic E-state index is 12.5. The molecule has 8 nitrogen and oxygen atoms in total. The van der Waals surface area contributed by atoms with Gasteiger partial charge in [0.1, 0.15) is 5.75 Å². The van der Waals surface area contributed by atoms with Crippen molar-refractivity contribution in [2.45, 2.75) is 20.0 Å². The van der Waals surface area contributed by atoms with Crippen molar-refractivity contribution >= 4 is 17.5 Å². The summed E-state index contributed by atoms with van der Waals surface area (Å²) < 4.78 is 0. The van der Waals surface area contributed by atoms with Crippen LogP contribution >= 0.6 is 0 Å². The number of β-amino-alcohol motifs (C(OH)–C–C–N with tert-alkyl or cyclic N) is 1. The minimum atomic E-state index is -0.719. The highest BCUT2D eigenvalue weighted by molar-refractivity contribution is 5.96. The smallest absolute Gasteiger partial charge is 0.255 e. The molecule has 1 heterocycles. The third kappa shape index (κ3) is 6.53. The standard InChI is InChI=1S/C24H32N4O4/c1-17-6-5-7-18(2)23(17)26-22(31)16-28-12-10-27(11-13-28)15-19(29)14-25-24(32)20-8-3-4-9-21(20)30/h3-9,19,29-30H,10-16H2,1-2H3,(H,25,32)(H,26,31). The molecule has 8 heteroatoms. The van der Waals surface area contributed by atoms with Crippen LogP contribution in [0, 0.1) is 13.8 Å². The number of phenols is 1. The number of para-hydroxylation sites is 2. The van der Waals surface area contributed by atoms with Crippen molar-refractivity contribution in [3.63, 3.8) is 0 Å². The zero-order valence-corrected chi connectivity index (χ0v) is 18.7. The van der Waals surface area contributed by atoms with Crippen LogP contribution in [-0.4, -0.2) is 83.7 Å². The number of aliphatic hydroxyl groups is 1. The molecule has 0 bridgehead atoms. The number of amides is 2. The Balaban J connectivity index is 1.37.